The summed E-state index contributed by atoms with van der Waals surface area (Å²) in [6, 6.07) is 13.1. The van der Waals surface area contributed by atoms with Gasteiger partial charge in [-0.3, -0.25) is 9.80 Å². The molecule has 0 bridgehead atoms. The molecule has 25 heavy (non-hydrogen) atoms. The minimum Gasteiger partial charge on any atom is -0.468 e. The minimum absolute atomic E-state index is 0.601. The molecular weight excluding hydrogens is 308 g/mol. The summed E-state index contributed by atoms with van der Waals surface area (Å²) in [5.41, 5.74) is 3.40. The van der Waals surface area contributed by atoms with E-state index in [-0.39, 0.29) is 0 Å². The monoisotopic (exact) mass is 338 g/mol. The fraction of sp³-hybridized carbons (Fsp3) is 0.545. The van der Waals surface area contributed by atoms with Crippen LogP contribution in [0.15, 0.2) is 47.1 Å². The number of rotatable bonds is 4. The van der Waals surface area contributed by atoms with Crippen molar-refractivity contribution in [2.75, 3.05) is 26.2 Å². The van der Waals surface area contributed by atoms with Gasteiger partial charge in [-0.25, -0.2) is 0 Å². The molecule has 1 spiro atoms. The third-order valence-corrected chi connectivity index (χ3v) is 6.32. The fourth-order valence-electron chi connectivity index (χ4n) is 4.45. The van der Waals surface area contributed by atoms with Gasteiger partial charge in [-0.2, -0.15) is 0 Å². The van der Waals surface area contributed by atoms with Crippen LogP contribution in [0.25, 0.3) is 0 Å². The van der Waals surface area contributed by atoms with Crippen LogP contribution in [-0.4, -0.2) is 36.0 Å². The summed E-state index contributed by atoms with van der Waals surface area (Å²) in [5, 5.41) is 0. The van der Waals surface area contributed by atoms with Crippen LogP contribution in [0.1, 0.15) is 42.6 Å². The Morgan fingerprint density at radius 3 is 2.00 bits per heavy atom. The smallest absolute Gasteiger partial charge is 0.117 e. The van der Waals surface area contributed by atoms with E-state index in [1.807, 2.05) is 6.07 Å². The maximum Gasteiger partial charge on any atom is 0.117 e. The fourth-order valence-corrected chi connectivity index (χ4v) is 4.45. The van der Waals surface area contributed by atoms with Crippen LogP contribution >= 0.6 is 0 Å². The van der Waals surface area contributed by atoms with Crippen LogP contribution in [0.2, 0.25) is 0 Å². The number of piperidine rings is 2. The lowest BCUT2D eigenvalue weighted by Crippen LogP contribution is -2.46. The normalized spacial score (nSPS) is 21.6. The molecule has 0 N–H and O–H groups in total. The lowest BCUT2D eigenvalue weighted by molar-refractivity contribution is 0.0281. The first-order chi connectivity index (χ1) is 12.2. The first-order valence-electron chi connectivity index (χ1n) is 9.74. The second-order valence-electron chi connectivity index (χ2n) is 8.12. The Hall–Kier alpha value is -1.58. The molecule has 3 heteroatoms. The zero-order chi connectivity index (χ0) is 17.1. The number of likely N-dealkylation sites (tertiary alicyclic amines) is 2. The third-order valence-electron chi connectivity index (χ3n) is 6.32. The molecule has 2 aliphatic heterocycles. The van der Waals surface area contributed by atoms with Gasteiger partial charge >= 0.3 is 0 Å². The van der Waals surface area contributed by atoms with Gasteiger partial charge in [0.1, 0.15) is 5.76 Å². The molecule has 3 heterocycles. The van der Waals surface area contributed by atoms with Crippen molar-refractivity contribution in [3.8, 4) is 0 Å². The molecule has 3 nitrogen and oxygen atoms in total. The SMILES string of the molecule is Cc1ccc(CN2CCC3(CC2)CCN(Cc2ccco2)CC3)cc1. The van der Waals surface area contributed by atoms with Crippen LogP contribution in [0.3, 0.4) is 0 Å². The van der Waals surface area contributed by atoms with Crippen molar-refractivity contribution in [1.29, 1.82) is 0 Å². The van der Waals surface area contributed by atoms with Gasteiger partial charge in [0.15, 0.2) is 0 Å². The molecule has 2 saturated heterocycles. The van der Waals surface area contributed by atoms with Gasteiger partial charge in [0, 0.05) is 6.54 Å². The highest BCUT2D eigenvalue weighted by Gasteiger charge is 2.37. The predicted molar refractivity (Wildman–Crippen MR) is 101 cm³/mol. The maximum absolute atomic E-state index is 5.50. The second kappa shape index (κ2) is 7.35. The summed E-state index contributed by atoms with van der Waals surface area (Å²) in [6.07, 6.45) is 7.23. The van der Waals surface area contributed by atoms with E-state index >= 15 is 0 Å². The molecule has 0 saturated carbocycles. The zero-order valence-corrected chi connectivity index (χ0v) is 15.4. The Labute approximate surface area is 151 Å². The molecule has 2 fully saturated rings. The molecule has 0 atom stereocenters. The van der Waals surface area contributed by atoms with E-state index in [9.17, 15) is 0 Å². The molecule has 134 valence electrons. The summed E-state index contributed by atoms with van der Waals surface area (Å²) in [7, 11) is 0. The van der Waals surface area contributed by atoms with Gasteiger partial charge in [-0.1, -0.05) is 29.8 Å². The Morgan fingerprint density at radius 1 is 0.840 bits per heavy atom. The molecule has 0 amide bonds. The molecule has 0 radical (unpaired) electrons. The number of benzene rings is 1. The zero-order valence-electron chi connectivity index (χ0n) is 15.4. The quantitative estimate of drug-likeness (QED) is 0.820. The highest BCUT2D eigenvalue weighted by atomic mass is 16.3. The topological polar surface area (TPSA) is 19.6 Å². The first-order valence-corrected chi connectivity index (χ1v) is 9.74. The van der Waals surface area contributed by atoms with Gasteiger partial charge in [0.2, 0.25) is 0 Å². The lowest BCUT2D eigenvalue weighted by Gasteiger charge is -2.47. The maximum atomic E-state index is 5.50. The molecular formula is C22H30N2O. The van der Waals surface area contributed by atoms with E-state index in [1.54, 1.807) is 6.26 Å². The number of furan rings is 1. The highest BCUT2D eigenvalue weighted by Crippen LogP contribution is 2.41. The van der Waals surface area contributed by atoms with Gasteiger partial charge in [-0.15, -0.1) is 0 Å². The third kappa shape index (κ3) is 4.16. The largest absolute Gasteiger partial charge is 0.468 e. The Morgan fingerprint density at radius 2 is 1.44 bits per heavy atom. The predicted octanol–water partition coefficient (Wildman–Crippen LogP) is 4.47. The van der Waals surface area contributed by atoms with E-state index in [1.165, 1.54) is 63.0 Å². The summed E-state index contributed by atoms with van der Waals surface area (Å²) >= 11 is 0. The van der Waals surface area contributed by atoms with Crippen molar-refractivity contribution in [2.24, 2.45) is 5.41 Å². The van der Waals surface area contributed by atoms with Crippen molar-refractivity contribution in [1.82, 2.24) is 9.80 Å². The number of aryl methyl sites for hydroxylation is 1. The van der Waals surface area contributed by atoms with E-state index in [0.717, 1.165) is 18.8 Å². The van der Waals surface area contributed by atoms with Crippen LogP contribution in [0.5, 0.6) is 0 Å². The molecule has 1 aromatic heterocycles. The van der Waals surface area contributed by atoms with Crippen LogP contribution in [-0.2, 0) is 13.1 Å². The molecule has 2 aromatic rings. The molecule has 4 rings (SSSR count). The molecule has 0 aliphatic carbocycles. The Balaban J connectivity index is 1.25. The van der Waals surface area contributed by atoms with Crippen molar-refractivity contribution >= 4 is 0 Å². The average Bonchev–Trinajstić information content (AvgIpc) is 3.14. The highest BCUT2D eigenvalue weighted by molar-refractivity contribution is 5.21. The van der Waals surface area contributed by atoms with E-state index in [0.29, 0.717) is 5.41 Å². The number of hydrogen-bond acceptors (Lipinski definition) is 3. The summed E-state index contributed by atoms with van der Waals surface area (Å²) in [6.45, 7) is 9.20. The molecule has 2 aliphatic rings. The van der Waals surface area contributed by atoms with Crippen molar-refractivity contribution in [2.45, 2.75) is 45.7 Å². The minimum atomic E-state index is 0.601. The standard InChI is InChI=1S/C22H30N2O/c1-19-4-6-20(7-5-19)17-23-12-8-22(9-13-23)10-14-24(15-11-22)18-21-3-2-16-25-21/h2-7,16H,8-15,17-18H2,1H3. The van der Waals surface area contributed by atoms with Crippen LogP contribution in [0, 0.1) is 12.3 Å². The second-order valence-corrected chi connectivity index (χ2v) is 8.12. The van der Waals surface area contributed by atoms with Gasteiger partial charge < -0.3 is 4.42 Å². The average molecular weight is 338 g/mol. The summed E-state index contributed by atoms with van der Waals surface area (Å²) in [5.74, 6) is 1.10. The van der Waals surface area contributed by atoms with Gasteiger partial charge in [0.05, 0.1) is 12.8 Å². The Kier molecular flexibility index (Phi) is 4.96. The van der Waals surface area contributed by atoms with E-state index < -0.39 is 0 Å². The van der Waals surface area contributed by atoms with Gasteiger partial charge in [0.25, 0.3) is 0 Å². The van der Waals surface area contributed by atoms with Crippen LogP contribution in [0.4, 0.5) is 0 Å². The molecule has 1 aromatic carbocycles. The molecule has 0 unspecified atom stereocenters. The summed E-state index contributed by atoms with van der Waals surface area (Å²) in [4.78, 5) is 5.20. The Bertz CT molecular complexity index is 644. The van der Waals surface area contributed by atoms with Crippen LogP contribution < -0.4 is 0 Å². The summed E-state index contributed by atoms with van der Waals surface area (Å²) < 4.78 is 5.50. The number of nitrogens with zero attached hydrogens (tertiary/aromatic N) is 2. The van der Waals surface area contributed by atoms with Gasteiger partial charge in [-0.05, 0) is 81.9 Å². The van der Waals surface area contributed by atoms with Crippen molar-refractivity contribution in [3.63, 3.8) is 0 Å². The first kappa shape index (κ1) is 16.9. The van der Waals surface area contributed by atoms with E-state index in [4.69, 9.17) is 4.42 Å². The van der Waals surface area contributed by atoms with Crippen molar-refractivity contribution in [3.05, 3.63) is 59.5 Å². The van der Waals surface area contributed by atoms with E-state index in [2.05, 4.69) is 47.1 Å². The lowest BCUT2D eigenvalue weighted by atomic mass is 9.71. The van der Waals surface area contributed by atoms with Crippen molar-refractivity contribution < 1.29 is 4.42 Å². The number of hydrogen-bond donors (Lipinski definition) is 0.